The highest BCUT2D eigenvalue weighted by molar-refractivity contribution is 5.29. The molecule has 0 fully saturated rings. The van der Waals surface area contributed by atoms with Crippen LogP contribution in [0.15, 0.2) is 36.7 Å². The van der Waals surface area contributed by atoms with Gasteiger partial charge in [0.15, 0.2) is 0 Å². The molecule has 0 N–H and O–H groups in total. The van der Waals surface area contributed by atoms with E-state index in [9.17, 15) is 4.39 Å². The molecule has 2 heterocycles. The highest BCUT2D eigenvalue weighted by atomic mass is 19.1. The minimum absolute atomic E-state index is 0.0965. The Bertz CT molecular complexity index is 630. The van der Waals surface area contributed by atoms with Crippen LogP contribution in [0.4, 0.5) is 4.39 Å². The van der Waals surface area contributed by atoms with E-state index in [0.717, 1.165) is 18.4 Å². The fourth-order valence-electron chi connectivity index (χ4n) is 2.68. The van der Waals surface area contributed by atoms with Gasteiger partial charge in [0.1, 0.15) is 0 Å². The molecule has 0 aliphatic rings. The lowest BCUT2D eigenvalue weighted by atomic mass is 9.90. The Kier molecular flexibility index (Phi) is 6.08. The van der Waals surface area contributed by atoms with E-state index < -0.39 is 0 Å². The normalized spacial score (nSPS) is 13.8. The lowest BCUT2D eigenvalue weighted by Crippen LogP contribution is -2.10. The second-order valence-corrected chi connectivity index (χ2v) is 6.33. The van der Waals surface area contributed by atoms with Crippen LogP contribution in [0.5, 0.6) is 5.88 Å². The van der Waals surface area contributed by atoms with E-state index in [0.29, 0.717) is 17.4 Å². The van der Waals surface area contributed by atoms with Crippen LogP contribution in [0, 0.1) is 5.95 Å². The molecule has 3 nitrogen and oxygen atoms in total. The SMILES string of the molecule is CC(C)Oc1ncccc1C(C)CCC(C)c1cccnc1F. The van der Waals surface area contributed by atoms with Gasteiger partial charge in [-0.05, 0) is 50.7 Å². The molecule has 124 valence electrons. The summed E-state index contributed by atoms with van der Waals surface area (Å²) in [5.74, 6) is 0.782. The molecule has 0 aliphatic heterocycles. The number of aromatic nitrogens is 2. The second kappa shape index (κ2) is 8.04. The molecule has 0 spiro atoms. The summed E-state index contributed by atoms with van der Waals surface area (Å²) in [4.78, 5) is 8.08. The van der Waals surface area contributed by atoms with E-state index in [1.807, 2.05) is 32.9 Å². The number of halogens is 1. The lowest BCUT2D eigenvalue weighted by Gasteiger charge is -2.19. The monoisotopic (exact) mass is 316 g/mol. The maximum absolute atomic E-state index is 13.8. The summed E-state index contributed by atoms with van der Waals surface area (Å²) in [7, 11) is 0. The van der Waals surface area contributed by atoms with Crippen molar-refractivity contribution in [3.8, 4) is 5.88 Å². The smallest absolute Gasteiger partial charge is 0.217 e. The Morgan fingerprint density at radius 2 is 1.48 bits per heavy atom. The molecule has 2 unspecified atom stereocenters. The summed E-state index contributed by atoms with van der Waals surface area (Å²) >= 11 is 0. The molecule has 0 bridgehead atoms. The number of hydrogen-bond donors (Lipinski definition) is 0. The van der Waals surface area contributed by atoms with Crippen LogP contribution in [0.1, 0.15) is 63.5 Å². The number of rotatable bonds is 7. The molecule has 2 aromatic rings. The van der Waals surface area contributed by atoms with Crippen molar-refractivity contribution < 1.29 is 9.13 Å². The Hall–Kier alpha value is -1.97. The zero-order valence-corrected chi connectivity index (χ0v) is 14.3. The van der Waals surface area contributed by atoms with Crippen molar-refractivity contribution in [2.75, 3.05) is 0 Å². The zero-order chi connectivity index (χ0) is 16.8. The summed E-state index contributed by atoms with van der Waals surface area (Å²) in [5.41, 5.74) is 1.80. The standard InChI is InChI=1S/C19H25FN2O/c1-13(2)23-19-17(8-6-12-22-19)15(4)10-9-14(3)16-7-5-11-21-18(16)20/h5-8,11-15H,9-10H2,1-4H3. The third-order valence-corrected chi connectivity index (χ3v) is 4.03. The van der Waals surface area contributed by atoms with Crippen molar-refractivity contribution in [1.29, 1.82) is 0 Å². The maximum atomic E-state index is 13.8. The van der Waals surface area contributed by atoms with Crippen LogP contribution in [0.25, 0.3) is 0 Å². The second-order valence-electron chi connectivity index (χ2n) is 6.33. The van der Waals surface area contributed by atoms with E-state index in [1.165, 1.54) is 6.20 Å². The number of nitrogens with zero attached hydrogens (tertiary/aromatic N) is 2. The summed E-state index contributed by atoms with van der Waals surface area (Å²) < 4.78 is 19.5. The van der Waals surface area contributed by atoms with E-state index in [4.69, 9.17) is 4.74 Å². The van der Waals surface area contributed by atoms with Gasteiger partial charge in [-0.1, -0.05) is 26.0 Å². The molecule has 0 saturated carbocycles. The summed E-state index contributed by atoms with van der Waals surface area (Å²) in [6.07, 6.45) is 5.16. The summed E-state index contributed by atoms with van der Waals surface area (Å²) in [6, 6.07) is 7.59. The molecule has 2 rings (SSSR count). The van der Waals surface area contributed by atoms with Gasteiger partial charge in [0.2, 0.25) is 11.8 Å². The minimum atomic E-state index is -0.363. The zero-order valence-electron chi connectivity index (χ0n) is 14.3. The molecule has 23 heavy (non-hydrogen) atoms. The fourth-order valence-corrected chi connectivity index (χ4v) is 2.68. The fraction of sp³-hybridized carbons (Fsp3) is 0.474. The highest BCUT2D eigenvalue weighted by Gasteiger charge is 2.17. The van der Waals surface area contributed by atoms with E-state index in [1.54, 1.807) is 12.3 Å². The lowest BCUT2D eigenvalue weighted by molar-refractivity contribution is 0.228. The molecule has 4 heteroatoms. The first-order valence-electron chi connectivity index (χ1n) is 8.21. The van der Waals surface area contributed by atoms with Crippen LogP contribution < -0.4 is 4.74 Å². The predicted molar refractivity (Wildman–Crippen MR) is 90.3 cm³/mol. The van der Waals surface area contributed by atoms with Gasteiger partial charge in [0.25, 0.3) is 0 Å². The van der Waals surface area contributed by atoms with Crippen molar-refractivity contribution in [2.45, 2.75) is 58.5 Å². The Morgan fingerprint density at radius 3 is 2.09 bits per heavy atom. The Labute approximate surface area is 137 Å². The number of hydrogen-bond acceptors (Lipinski definition) is 3. The van der Waals surface area contributed by atoms with Crippen molar-refractivity contribution in [1.82, 2.24) is 9.97 Å². The molecule has 0 aliphatic carbocycles. The molecule has 2 atom stereocenters. The van der Waals surface area contributed by atoms with Crippen LogP contribution in [-0.2, 0) is 0 Å². The first kappa shape index (κ1) is 17.4. The minimum Gasteiger partial charge on any atom is -0.475 e. The topological polar surface area (TPSA) is 35.0 Å². The largest absolute Gasteiger partial charge is 0.475 e. The Morgan fingerprint density at radius 1 is 0.913 bits per heavy atom. The van der Waals surface area contributed by atoms with Gasteiger partial charge >= 0.3 is 0 Å². The molecule has 0 radical (unpaired) electrons. The average molecular weight is 316 g/mol. The van der Waals surface area contributed by atoms with Crippen molar-refractivity contribution in [2.24, 2.45) is 0 Å². The van der Waals surface area contributed by atoms with Crippen LogP contribution in [0.2, 0.25) is 0 Å². The molecule has 0 amide bonds. The molecule has 0 aromatic carbocycles. The van der Waals surface area contributed by atoms with Gasteiger partial charge in [0, 0.05) is 23.5 Å². The van der Waals surface area contributed by atoms with Crippen molar-refractivity contribution in [3.05, 3.63) is 53.7 Å². The van der Waals surface area contributed by atoms with Crippen molar-refractivity contribution >= 4 is 0 Å². The summed E-state index contributed by atoms with van der Waals surface area (Å²) in [6.45, 7) is 8.20. The van der Waals surface area contributed by atoms with E-state index >= 15 is 0 Å². The molecular weight excluding hydrogens is 291 g/mol. The van der Waals surface area contributed by atoms with Crippen LogP contribution in [-0.4, -0.2) is 16.1 Å². The molecule has 2 aromatic heterocycles. The number of ether oxygens (including phenoxy) is 1. The van der Waals surface area contributed by atoms with E-state index in [2.05, 4.69) is 23.0 Å². The molecular formula is C19H25FN2O. The highest BCUT2D eigenvalue weighted by Crippen LogP contribution is 2.32. The maximum Gasteiger partial charge on any atom is 0.217 e. The summed E-state index contributed by atoms with van der Waals surface area (Å²) in [5, 5.41) is 0. The van der Waals surface area contributed by atoms with Gasteiger partial charge in [-0.2, -0.15) is 4.39 Å². The number of pyridine rings is 2. The average Bonchev–Trinajstić information content (AvgIpc) is 2.52. The van der Waals surface area contributed by atoms with Gasteiger partial charge in [-0.3, -0.25) is 0 Å². The van der Waals surface area contributed by atoms with Gasteiger partial charge in [0.05, 0.1) is 6.10 Å². The van der Waals surface area contributed by atoms with Crippen LogP contribution >= 0.6 is 0 Å². The van der Waals surface area contributed by atoms with Crippen LogP contribution in [0.3, 0.4) is 0 Å². The van der Waals surface area contributed by atoms with Gasteiger partial charge in [-0.15, -0.1) is 0 Å². The van der Waals surface area contributed by atoms with E-state index in [-0.39, 0.29) is 18.0 Å². The first-order valence-corrected chi connectivity index (χ1v) is 8.21. The van der Waals surface area contributed by atoms with Gasteiger partial charge in [-0.25, -0.2) is 9.97 Å². The Balaban J connectivity index is 2.02. The quantitative estimate of drug-likeness (QED) is 0.667. The van der Waals surface area contributed by atoms with Crippen molar-refractivity contribution in [3.63, 3.8) is 0 Å². The third-order valence-electron chi connectivity index (χ3n) is 4.03. The molecule has 0 saturated heterocycles. The predicted octanol–water partition coefficient (Wildman–Crippen LogP) is 5.09. The first-order chi connectivity index (χ1) is 11.0. The van der Waals surface area contributed by atoms with Gasteiger partial charge < -0.3 is 4.74 Å². The third kappa shape index (κ3) is 4.75.